The van der Waals surface area contributed by atoms with Crippen molar-refractivity contribution in [2.24, 2.45) is 0 Å². The summed E-state index contributed by atoms with van der Waals surface area (Å²) in [5, 5.41) is 2.52. The Morgan fingerprint density at radius 3 is 2.30 bits per heavy atom. The number of nitrogens with one attached hydrogen (secondary N) is 1. The molecule has 0 bridgehead atoms. The summed E-state index contributed by atoms with van der Waals surface area (Å²) in [5.41, 5.74) is 0.790. The van der Waals surface area contributed by atoms with E-state index < -0.39 is 24.2 Å². The van der Waals surface area contributed by atoms with Gasteiger partial charge in [-0.3, -0.25) is 4.79 Å². The number of rotatable bonds is 6. The van der Waals surface area contributed by atoms with Gasteiger partial charge in [0.05, 0.1) is 5.56 Å². The molecule has 0 saturated heterocycles. The van der Waals surface area contributed by atoms with Crippen molar-refractivity contribution in [3.05, 3.63) is 60.2 Å². The van der Waals surface area contributed by atoms with Gasteiger partial charge >= 0.3 is 5.97 Å². The van der Waals surface area contributed by atoms with Gasteiger partial charge in [0.2, 0.25) is 0 Å². The van der Waals surface area contributed by atoms with Crippen molar-refractivity contribution in [3.63, 3.8) is 0 Å². The van der Waals surface area contributed by atoms with E-state index in [-0.39, 0.29) is 0 Å². The molecule has 0 saturated carbocycles. The number of amides is 1. The van der Waals surface area contributed by atoms with Gasteiger partial charge in [0, 0.05) is 10.6 Å². The van der Waals surface area contributed by atoms with Crippen LogP contribution in [0.2, 0.25) is 0 Å². The number of carbonyl (C=O) groups is 2. The molecule has 0 radical (unpaired) electrons. The Morgan fingerprint density at radius 1 is 1.04 bits per heavy atom. The highest BCUT2D eigenvalue weighted by Crippen LogP contribution is 2.26. The van der Waals surface area contributed by atoms with Gasteiger partial charge in [-0.25, -0.2) is 4.79 Å². The van der Waals surface area contributed by atoms with E-state index in [1.807, 2.05) is 0 Å². The number of thioether (sulfide) groups is 1. The van der Waals surface area contributed by atoms with Crippen molar-refractivity contribution in [3.8, 4) is 0 Å². The Morgan fingerprint density at radius 2 is 1.70 bits per heavy atom. The van der Waals surface area contributed by atoms with E-state index in [2.05, 4.69) is 5.32 Å². The molecule has 2 aromatic rings. The summed E-state index contributed by atoms with van der Waals surface area (Å²) in [6.45, 7) is -0.429. The lowest BCUT2D eigenvalue weighted by Crippen LogP contribution is -2.20. The molecule has 0 aromatic heterocycles. The maximum Gasteiger partial charge on any atom is 0.338 e. The standard InChI is InChI=1S/C16H13F2NO3S/c17-16(18)23-13-8-6-12(7-9-13)19-14(20)10-22-15(21)11-4-2-1-3-5-11/h1-9,16H,10H2,(H,19,20). The Labute approximate surface area is 135 Å². The van der Waals surface area contributed by atoms with Crippen LogP contribution >= 0.6 is 11.8 Å². The number of anilines is 1. The monoisotopic (exact) mass is 337 g/mol. The van der Waals surface area contributed by atoms with Crippen LogP contribution in [0, 0.1) is 0 Å². The lowest BCUT2D eigenvalue weighted by molar-refractivity contribution is -0.119. The molecule has 2 rings (SSSR count). The number of hydrogen-bond acceptors (Lipinski definition) is 4. The van der Waals surface area contributed by atoms with Crippen LogP contribution in [0.3, 0.4) is 0 Å². The Balaban J connectivity index is 1.81. The zero-order valence-electron chi connectivity index (χ0n) is 11.9. The molecular formula is C16H13F2NO3S. The lowest BCUT2D eigenvalue weighted by Gasteiger charge is -2.07. The largest absolute Gasteiger partial charge is 0.452 e. The smallest absolute Gasteiger partial charge is 0.338 e. The third-order valence-electron chi connectivity index (χ3n) is 2.71. The first-order valence-electron chi connectivity index (χ1n) is 6.61. The molecule has 0 unspecified atom stereocenters. The molecule has 2 aromatic carbocycles. The molecule has 4 nitrogen and oxygen atoms in total. The molecule has 23 heavy (non-hydrogen) atoms. The van der Waals surface area contributed by atoms with E-state index in [0.29, 0.717) is 27.9 Å². The van der Waals surface area contributed by atoms with Gasteiger partial charge in [0.15, 0.2) is 6.61 Å². The van der Waals surface area contributed by atoms with Crippen molar-refractivity contribution in [2.75, 3.05) is 11.9 Å². The minimum Gasteiger partial charge on any atom is -0.452 e. The maximum atomic E-state index is 12.2. The predicted molar refractivity (Wildman–Crippen MR) is 83.7 cm³/mol. The molecule has 1 N–H and O–H groups in total. The average molecular weight is 337 g/mol. The molecule has 0 spiro atoms. The van der Waals surface area contributed by atoms with E-state index >= 15 is 0 Å². The van der Waals surface area contributed by atoms with E-state index in [1.165, 1.54) is 24.3 Å². The molecule has 120 valence electrons. The molecule has 0 aliphatic carbocycles. The predicted octanol–water partition coefficient (Wildman–Crippen LogP) is 3.80. The van der Waals surface area contributed by atoms with Gasteiger partial charge in [-0.15, -0.1) is 0 Å². The lowest BCUT2D eigenvalue weighted by atomic mass is 10.2. The van der Waals surface area contributed by atoms with Crippen molar-refractivity contribution >= 4 is 29.3 Å². The van der Waals surface area contributed by atoms with Gasteiger partial charge in [-0.2, -0.15) is 8.78 Å². The zero-order chi connectivity index (χ0) is 16.7. The summed E-state index contributed by atoms with van der Waals surface area (Å²) in [5.74, 6) is -3.60. The highest BCUT2D eigenvalue weighted by molar-refractivity contribution is 7.99. The summed E-state index contributed by atoms with van der Waals surface area (Å²) in [4.78, 5) is 23.8. The fourth-order valence-corrected chi connectivity index (χ4v) is 2.20. The normalized spacial score (nSPS) is 10.4. The summed E-state index contributed by atoms with van der Waals surface area (Å²) in [6.07, 6.45) is 0. The summed E-state index contributed by atoms with van der Waals surface area (Å²) >= 11 is 0.422. The third kappa shape index (κ3) is 5.71. The molecule has 0 aliphatic heterocycles. The average Bonchev–Trinajstić information content (AvgIpc) is 2.55. The number of benzene rings is 2. The van der Waals surface area contributed by atoms with Gasteiger partial charge in [-0.05, 0) is 36.4 Å². The molecule has 1 amide bonds. The number of esters is 1. The van der Waals surface area contributed by atoms with Crippen LogP contribution in [0.1, 0.15) is 10.4 Å². The van der Waals surface area contributed by atoms with Gasteiger partial charge in [0.1, 0.15) is 0 Å². The summed E-state index contributed by atoms with van der Waals surface area (Å²) in [7, 11) is 0. The van der Waals surface area contributed by atoms with Crippen molar-refractivity contribution in [1.82, 2.24) is 0 Å². The van der Waals surface area contributed by atoms with E-state index in [0.717, 1.165) is 0 Å². The Bertz CT molecular complexity index is 663. The van der Waals surface area contributed by atoms with E-state index in [1.54, 1.807) is 30.3 Å². The van der Waals surface area contributed by atoms with E-state index in [4.69, 9.17) is 4.74 Å². The van der Waals surface area contributed by atoms with E-state index in [9.17, 15) is 18.4 Å². The number of alkyl halides is 2. The molecule has 7 heteroatoms. The second-order valence-corrected chi connectivity index (χ2v) is 5.46. The molecule has 0 heterocycles. The first kappa shape index (κ1) is 17.0. The second kappa shape index (κ2) is 8.28. The van der Waals surface area contributed by atoms with Crippen LogP contribution in [0.5, 0.6) is 0 Å². The molecule has 0 atom stereocenters. The topological polar surface area (TPSA) is 55.4 Å². The van der Waals surface area contributed by atoms with Crippen LogP contribution in [0.4, 0.5) is 14.5 Å². The number of halogens is 2. The Hall–Kier alpha value is -2.41. The van der Waals surface area contributed by atoms with Crippen LogP contribution < -0.4 is 5.32 Å². The van der Waals surface area contributed by atoms with Crippen LogP contribution in [0.15, 0.2) is 59.5 Å². The van der Waals surface area contributed by atoms with Gasteiger partial charge in [-0.1, -0.05) is 30.0 Å². The highest BCUT2D eigenvalue weighted by atomic mass is 32.2. The molecule has 0 aliphatic rings. The minimum absolute atomic E-state index is 0.355. The first-order valence-corrected chi connectivity index (χ1v) is 7.49. The second-order valence-electron chi connectivity index (χ2n) is 4.39. The molecular weight excluding hydrogens is 324 g/mol. The Kier molecular flexibility index (Phi) is 6.10. The van der Waals surface area contributed by atoms with Crippen molar-refractivity contribution in [1.29, 1.82) is 0 Å². The maximum absolute atomic E-state index is 12.2. The van der Waals surface area contributed by atoms with Gasteiger partial charge < -0.3 is 10.1 Å². The zero-order valence-corrected chi connectivity index (χ0v) is 12.7. The number of carbonyl (C=O) groups excluding carboxylic acids is 2. The SMILES string of the molecule is O=C(COC(=O)c1ccccc1)Nc1ccc(SC(F)F)cc1. The summed E-state index contributed by atoms with van der Waals surface area (Å²) in [6, 6.07) is 14.3. The van der Waals surface area contributed by atoms with Crippen LogP contribution in [0.25, 0.3) is 0 Å². The summed E-state index contributed by atoms with van der Waals surface area (Å²) < 4.78 is 29.3. The first-order chi connectivity index (χ1) is 11.0. The number of ether oxygens (including phenoxy) is 1. The quantitative estimate of drug-likeness (QED) is 0.643. The highest BCUT2D eigenvalue weighted by Gasteiger charge is 2.10. The van der Waals surface area contributed by atoms with Gasteiger partial charge in [0.25, 0.3) is 11.7 Å². The van der Waals surface area contributed by atoms with Crippen molar-refractivity contribution in [2.45, 2.75) is 10.7 Å². The fraction of sp³-hybridized carbons (Fsp3) is 0.125. The van der Waals surface area contributed by atoms with Crippen LogP contribution in [-0.2, 0) is 9.53 Å². The fourth-order valence-electron chi connectivity index (χ4n) is 1.71. The third-order valence-corrected chi connectivity index (χ3v) is 3.43. The number of hydrogen-bond donors (Lipinski definition) is 1. The van der Waals surface area contributed by atoms with Crippen LogP contribution in [-0.4, -0.2) is 24.2 Å². The minimum atomic E-state index is -2.49. The molecule has 0 fully saturated rings. The van der Waals surface area contributed by atoms with Crippen molar-refractivity contribution < 1.29 is 23.1 Å².